The minimum atomic E-state index is 0.716. The standard InChI is InChI=1S/C17H14N2O/c1-19-16-6-4-3-5-14(16)15(11-18)17(19)12-7-9-13(20-2)10-8-12/h3-10H,1-2H3. The number of aromatic nitrogens is 1. The molecule has 3 aromatic rings. The third-order valence-corrected chi connectivity index (χ3v) is 3.58. The van der Waals surface area contributed by atoms with Crippen LogP contribution in [-0.4, -0.2) is 11.7 Å². The summed E-state index contributed by atoms with van der Waals surface area (Å²) >= 11 is 0. The molecule has 0 saturated heterocycles. The van der Waals surface area contributed by atoms with E-state index in [2.05, 4.69) is 10.6 Å². The summed E-state index contributed by atoms with van der Waals surface area (Å²) in [4.78, 5) is 0. The molecule has 0 amide bonds. The lowest BCUT2D eigenvalue weighted by Crippen LogP contribution is -1.93. The Bertz CT molecular complexity index is 807. The lowest BCUT2D eigenvalue weighted by molar-refractivity contribution is 0.415. The predicted molar refractivity (Wildman–Crippen MR) is 79.6 cm³/mol. The van der Waals surface area contributed by atoms with Crippen LogP contribution in [0.3, 0.4) is 0 Å². The Labute approximate surface area is 117 Å². The van der Waals surface area contributed by atoms with Crippen molar-refractivity contribution in [2.75, 3.05) is 7.11 Å². The monoisotopic (exact) mass is 262 g/mol. The van der Waals surface area contributed by atoms with E-state index in [1.807, 2.05) is 55.6 Å². The Balaban J connectivity index is 2.30. The van der Waals surface area contributed by atoms with E-state index in [-0.39, 0.29) is 0 Å². The number of methoxy groups -OCH3 is 1. The Morgan fingerprint density at radius 1 is 1.05 bits per heavy atom. The molecule has 0 unspecified atom stereocenters. The number of aryl methyl sites for hydroxylation is 1. The van der Waals surface area contributed by atoms with E-state index in [1.165, 1.54) is 0 Å². The molecule has 0 aliphatic carbocycles. The second-order valence-corrected chi connectivity index (χ2v) is 4.64. The zero-order valence-electron chi connectivity index (χ0n) is 11.4. The van der Waals surface area contributed by atoms with Gasteiger partial charge in [-0.25, -0.2) is 0 Å². The summed E-state index contributed by atoms with van der Waals surface area (Å²) < 4.78 is 7.24. The summed E-state index contributed by atoms with van der Waals surface area (Å²) in [7, 11) is 3.63. The molecule has 2 aromatic carbocycles. The Morgan fingerprint density at radius 2 is 1.75 bits per heavy atom. The van der Waals surface area contributed by atoms with Gasteiger partial charge in [-0.2, -0.15) is 5.26 Å². The minimum absolute atomic E-state index is 0.716. The van der Waals surface area contributed by atoms with Crippen molar-refractivity contribution < 1.29 is 4.74 Å². The number of hydrogen-bond acceptors (Lipinski definition) is 2. The van der Waals surface area contributed by atoms with Gasteiger partial charge in [-0.05, 0) is 35.9 Å². The van der Waals surface area contributed by atoms with Crippen LogP contribution in [0.4, 0.5) is 0 Å². The van der Waals surface area contributed by atoms with Crippen molar-refractivity contribution in [3.05, 3.63) is 54.1 Å². The van der Waals surface area contributed by atoms with Crippen LogP contribution in [-0.2, 0) is 7.05 Å². The van der Waals surface area contributed by atoms with E-state index in [0.29, 0.717) is 5.56 Å². The normalized spacial score (nSPS) is 10.4. The molecule has 0 fully saturated rings. The third kappa shape index (κ3) is 1.74. The fraction of sp³-hybridized carbons (Fsp3) is 0.118. The van der Waals surface area contributed by atoms with Crippen molar-refractivity contribution in [1.82, 2.24) is 4.57 Å². The van der Waals surface area contributed by atoms with Crippen molar-refractivity contribution in [3.63, 3.8) is 0 Å². The highest BCUT2D eigenvalue weighted by atomic mass is 16.5. The van der Waals surface area contributed by atoms with E-state index in [4.69, 9.17) is 4.74 Å². The molecule has 0 atom stereocenters. The molecule has 0 aliphatic rings. The van der Waals surface area contributed by atoms with Crippen LogP contribution < -0.4 is 4.74 Å². The van der Waals surface area contributed by atoms with Crippen LogP contribution in [0.15, 0.2) is 48.5 Å². The predicted octanol–water partition coefficient (Wildman–Crippen LogP) is 3.73. The highest BCUT2D eigenvalue weighted by molar-refractivity contribution is 5.94. The molecule has 3 heteroatoms. The molecule has 0 radical (unpaired) electrons. The Morgan fingerprint density at radius 3 is 2.40 bits per heavy atom. The average molecular weight is 262 g/mol. The number of nitrogens with zero attached hydrogens (tertiary/aromatic N) is 2. The minimum Gasteiger partial charge on any atom is -0.497 e. The molecule has 3 rings (SSSR count). The van der Waals surface area contributed by atoms with Gasteiger partial charge in [0.05, 0.1) is 18.4 Å². The van der Waals surface area contributed by atoms with E-state index in [9.17, 15) is 5.26 Å². The molecular weight excluding hydrogens is 248 g/mol. The van der Waals surface area contributed by atoms with Gasteiger partial charge in [-0.1, -0.05) is 18.2 Å². The molecule has 1 heterocycles. The number of rotatable bonds is 2. The average Bonchev–Trinajstić information content (AvgIpc) is 2.80. The number of para-hydroxylation sites is 1. The largest absolute Gasteiger partial charge is 0.497 e. The highest BCUT2D eigenvalue weighted by Gasteiger charge is 2.15. The van der Waals surface area contributed by atoms with Gasteiger partial charge in [-0.15, -0.1) is 0 Å². The zero-order chi connectivity index (χ0) is 14.1. The van der Waals surface area contributed by atoms with Crippen molar-refractivity contribution in [2.24, 2.45) is 7.05 Å². The smallest absolute Gasteiger partial charge is 0.118 e. The second kappa shape index (κ2) is 4.75. The highest BCUT2D eigenvalue weighted by Crippen LogP contribution is 2.33. The molecule has 1 aromatic heterocycles. The van der Waals surface area contributed by atoms with E-state index < -0.39 is 0 Å². The van der Waals surface area contributed by atoms with Gasteiger partial charge in [0.1, 0.15) is 11.8 Å². The quantitative estimate of drug-likeness (QED) is 0.705. The number of benzene rings is 2. The summed E-state index contributed by atoms with van der Waals surface area (Å²) in [5.74, 6) is 0.811. The van der Waals surface area contributed by atoms with Crippen LogP contribution in [0.2, 0.25) is 0 Å². The van der Waals surface area contributed by atoms with Gasteiger partial charge in [0.2, 0.25) is 0 Å². The van der Waals surface area contributed by atoms with Gasteiger partial charge >= 0.3 is 0 Å². The number of hydrogen-bond donors (Lipinski definition) is 0. The van der Waals surface area contributed by atoms with Gasteiger partial charge < -0.3 is 9.30 Å². The first kappa shape index (κ1) is 12.3. The summed E-state index contributed by atoms with van der Waals surface area (Å²) in [6.45, 7) is 0. The summed E-state index contributed by atoms with van der Waals surface area (Å²) in [6, 6.07) is 18.1. The van der Waals surface area contributed by atoms with Gasteiger partial charge in [-0.3, -0.25) is 0 Å². The number of ether oxygens (including phenoxy) is 1. The first-order valence-corrected chi connectivity index (χ1v) is 6.38. The molecule has 0 bridgehead atoms. The lowest BCUT2D eigenvalue weighted by atomic mass is 10.1. The SMILES string of the molecule is COc1ccc(-c2c(C#N)c3ccccc3n2C)cc1. The second-order valence-electron chi connectivity index (χ2n) is 4.64. The topological polar surface area (TPSA) is 37.9 Å². The lowest BCUT2D eigenvalue weighted by Gasteiger charge is -2.06. The van der Waals surface area contributed by atoms with E-state index in [1.54, 1.807) is 7.11 Å². The van der Waals surface area contributed by atoms with Crippen LogP contribution in [0.5, 0.6) is 5.75 Å². The number of fused-ring (bicyclic) bond motifs is 1. The molecule has 0 spiro atoms. The van der Waals surface area contributed by atoms with Crippen LogP contribution >= 0.6 is 0 Å². The Hall–Kier alpha value is -2.73. The van der Waals surface area contributed by atoms with Crippen LogP contribution in [0.25, 0.3) is 22.2 Å². The summed E-state index contributed by atoms with van der Waals surface area (Å²) in [5, 5.41) is 10.5. The van der Waals surface area contributed by atoms with Gasteiger partial charge in [0.25, 0.3) is 0 Å². The molecule has 20 heavy (non-hydrogen) atoms. The first-order chi connectivity index (χ1) is 9.76. The van der Waals surface area contributed by atoms with Crippen molar-refractivity contribution >= 4 is 10.9 Å². The van der Waals surface area contributed by atoms with E-state index >= 15 is 0 Å². The maximum absolute atomic E-state index is 9.50. The first-order valence-electron chi connectivity index (χ1n) is 6.38. The van der Waals surface area contributed by atoms with Crippen molar-refractivity contribution in [1.29, 1.82) is 5.26 Å². The maximum atomic E-state index is 9.50. The number of nitriles is 1. The summed E-state index contributed by atoms with van der Waals surface area (Å²) in [6.07, 6.45) is 0. The maximum Gasteiger partial charge on any atom is 0.118 e. The zero-order valence-corrected chi connectivity index (χ0v) is 11.4. The van der Waals surface area contributed by atoms with Crippen LogP contribution in [0.1, 0.15) is 5.56 Å². The van der Waals surface area contributed by atoms with Gasteiger partial charge in [0, 0.05) is 18.0 Å². The summed E-state index contributed by atoms with van der Waals surface area (Å²) in [5.41, 5.74) is 3.74. The molecule has 3 nitrogen and oxygen atoms in total. The molecule has 0 N–H and O–H groups in total. The van der Waals surface area contributed by atoms with Crippen LogP contribution in [0, 0.1) is 11.3 Å². The Kier molecular flexibility index (Phi) is 2.92. The molecule has 0 aliphatic heterocycles. The molecule has 98 valence electrons. The van der Waals surface area contributed by atoms with Gasteiger partial charge in [0.15, 0.2) is 0 Å². The van der Waals surface area contributed by atoms with E-state index in [0.717, 1.165) is 27.9 Å². The molecule has 0 saturated carbocycles. The fourth-order valence-corrected chi connectivity index (χ4v) is 2.59. The fourth-order valence-electron chi connectivity index (χ4n) is 2.59. The van der Waals surface area contributed by atoms with Crippen molar-refractivity contribution in [3.8, 4) is 23.1 Å². The third-order valence-electron chi connectivity index (χ3n) is 3.58. The molecular formula is C17H14N2O. The van der Waals surface area contributed by atoms with Crippen molar-refractivity contribution in [2.45, 2.75) is 0 Å².